The van der Waals surface area contributed by atoms with E-state index < -0.39 is 156 Å². The number of hydrogen-bond donors (Lipinski definition) is 5. The van der Waals surface area contributed by atoms with Gasteiger partial charge in [-0.15, -0.1) is 0 Å². The Balaban J connectivity index is 4.29. The Bertz CT molecular complexity index is 2290. The maximum absolute atomic E-state index is 15.1. The minimum Gasteiger partial charge on any atom is -0.390 e. The predicted octanol–water partition coefficient (Wildman–Crippen LogP) is 3.02. The van der Waals surface area contributed by atoms with Crippen LogP contribution in [0.4, 0.5) is 0 Å². The third-order valence-corrected chi connectivity index (χ3v) is 15.9. The predicted molar refractivity (Wildman–Crippen MR) is 324 cm³/mol. The minimum absolute atomic E-state index is 0.0240. The van der Waals surface area contributed by atoms with Crippen LogP contribution in [0.5, 0.6) is 0 Å². The van der Waals surface area contributed by atoms with Crippen molar-refractivity contribution in [2.75, 3.05) is 55.9 Å². The Morgan fingerprint density at radius 2 is 0.940 bits per heavy atom. The molecule has 0 aromatic heterocycles. The number of allylic oxidation sites excluding steroid dienone is 2. The Kier molecular flexibility index (Phi) is 31.4. The van der Waals surface area contributed by atoms with Gasteiger partial charge in [-0.25, -0.2) is 0 Å². The zero-order valence-corrected chi connectivity index (χ0v) is 55.2. The molecule has 0 aliphatic carbocycles. The van der Waals surface area contributed by atoms with Crippen molar-refractivity contribution in [3.8, 4) is 0 Å². The quantitative estimate of drug-likeness (QED) is 0.148. The van der Waals surface area contributed by atoms with Gasteiger partial charge in [0.25, 0.3) is 0 Å². The summed E-state index contributed by atoms with van der Waals surface area (Å²) in [5.74, 6) is -9.54. The average molecular weight is 1190 g/mol. The maximum atomic E-state index is 15.1. The van der Waals surface area contributed by atoms with Crippen LogP contribution in [0.1, 0.15) is 156 Å². The van der Waals surface area contributed by atoms with E-state index in [0.717, 1.165) is 9.80 Å². The number of nitrogens with zero attached hydrogens (tertiary/aromatic N) is 7. The van der Waals surface area contributed by atoms with E-state index in [9.17, 15) is 48.3 Å². The normalized spacial score (nSPS) is 27.0. The maximum Gasteiger partial charge on any atom is 0.246 e. The SMILES string of the molecule is C/C=C/C[C@@H](C)[C@@H](O)[C@H]1C(=O)N[C@@H](CC)C(=O)N(C)CC(=O)N(C)[C@@H](CC(C)C)C(=O)N[C@@H](C(C)C)C(=O)N(C)[C@@H](CC(C)C)C(=O)N[C@@H](C)C(=O)N[C@H](C)C(=O)N(C)[C@@H](CCC)C(=O)N(C)[C@@H](CC(C)C)C(=O)N(C)[C@@H](C(C)C)C(=O)N1C. The van der Waals surface area contributed by atoms with Crippen LogP contribution in [0.25, 0.3) is 0 Å². The molecule has 0 aromatic carbocycles. The summed E-state index contributed by atoms with van der Waals surface area (Å²) in [5, 5.41) is 23.0. The number of amides is 11. The Morgan fingerprint density at radius 1 is 0.488 bits per heavy atom. The van der Waals surface area contributed by atoms with Gasteiger partial charge in [0.2, 0.25) is 65.0 Å². The number of carbonyl (C=O) groups excluding carboxylic acids is 11. The van der Waals surface area contributed by atoms with Crippen molar-refractivity contribution in [1.29, 1.82) is 0 Å². The molecule has 0 unspecified atom stereocenters. The lowest BCUT2D eigenvalue weighted by Gasteiger charge is -2.41. The van der Waals surface area contributed by atoms with E-state index in [1.807, 2.05) is 48.5 Å². The lowest BCUT2D eigenvalue weighted by molar-refractivity contribution is -0.157. The topological polar surface area (TPSA) is 279 Å². The summed E-state index contributed by atoms with van der Waals surface area (Å²) in [4.78, 5) is 168. The summed E-state index contributed by atoms with van der Waals surface area (Å²) in [5.41, 5.74) is 0. The van der Waals surface area contributed by atoms with Crippen LogP contribution in [0.15, 0.2) is 12.2 Å². The van der Waals surface area contributed by atoms with E-state index in [4.69, 9.17) is 0 Å². The first-order valence-electron chi connectivity index (χ1n) is 30.2. The highest BCUT2D eigenvalue weighted by Gasteiger charge is 2.45. The van der Waals surface area contributed by atoms with Gasteiger partial charge in [0.15, 0.2) is 0 Å². The van der Waals surface area contributed by atoms with Crippen molar-refractivity contribution in [2.24, 2.45) is 35.5 Å². The summed E-state index contributed by atoms with van der Waals surface area (Å²) in [6.07, 6.45) is 3.51. The molecule has 5 N–H and O–H groups in total. The molecular formula is C61H109N11O12. The van der Waals surface area contributed by atoms with Crippen LogP contribution >= 0.6 is 0 Å². The molecule has 23 nitrogen and oxygen atoms in total. The number of aliphatic hydroxyl groups is 1. The van der Waals surface area contributed by atoms with Crippen molar-refractivity contribution in [2.45, 2.75) is 222 Å². The van der Waals surface area contributed by atoms with E-state index in [-0.39, 0.29) is 49.9 Å². The van der Waals surface area contributed by atoms with Crippen LogP contribution < -0.4 is 21.3 Å². The van der Waals surface area contributed by atoms with Crippen molar-refractivity contribution >= 4 is 65.0 Å². The molecule has 12 atom stereocenters. The van der Waals surface area contributed by atoms with Crippen molar-refractivity contribution in [3.05, 3.63) is 12.2 Å². The molecule has 1 heterocycles. The first-order chi connectivity index (χ1) is 38.9. The Morgan fingerprint density at radius 3 is 1.42 bits per heavy atom. The fourth-order valence-corrected chi connectivity index (χ4v) is 10.6. The van der Waals surface area contributed by atoms with Crippen LogP contribution in [0, 0.1) is 35.5 Å². The van der Waals surface area contributed by atoms with E-state index >= 15 is 9.59 Å². The fourth-order valence-electron chi connectivity index (χ4n) is 10.6. The molecule has 11 amide bonds. The molecule has 1 aliphatic rings. The first kappa shape index (κ1) is 75.9. The van der Waals surface area contributed by atoms with Gasteiger partial charge in [0.05, 0.1) is 12.6 Å². The summed E-state index contributed by atoms with van der Waals surface area (Å²) in [6.45, 7) is 27.4. The third kappa shape index (κ3) is 20.8. The Hall–Kier alpha value is -6.13. The highest BCUT2D eigenvalue weighted by atomic mass is 16.3. The highest BCUT2D eigenvalue weighted by Crippen LogP contribution is 2.25. The van der Waals surface area contributed by atoms with Gasteiger partial charge in [0.1, 0.15) is 60.4 Å². The van der Waals surface area contributed by atoms with Gasteiger partial charge < -0.3 is 60.7 Å². The molecule has 1 saturated heterocycles. The van der Waals surface area contributed by atoms with E-state index in [1.165, 1.54) is 87.7 Å². The van der Waals surface area contributed by atoms with E-state index in [1.54, 1.807) is 60.6 Å². The second-order valence-corrected chi connectivity index (χ2v) is 25.3. The van der Waals surface area contributed by atoms with Gasteiger partial charge in [-0.3, -0.25) is 52.7 Å². The van der Waals surface area contributed by atoms with Gasteiger partial charge in [-0.05, 0) is 94.8 Å². The highest BCUT2D eigenvalue weighted by molar-refractivity contribution is 5.99. The molecule has 0 bridgehead atoms. The van der Waals surface area contributed by atoms with E-state index in [2.05, 4.69) is 21.3 Å². The fraction of sp³-hybridized carbons (Fsp3) is 0.787. The molecule has 0 spiro atoms. The molecule has 1 aliphatic heterocycles. The molecule has 480 valence electrons. The molecule has 1 fully saturated rings. The number of rotatable bonds is 15. The second kappa shape index (κ2) is 34.7. The largest absolute Gasteiger partial charge is 0.390 e. The van der Waals surface area contributed by atoms with Crippen LogP contribution in [-0.2, 0) is 52.7 Å². The Labute approximate surface area is 502 Å². The molecular weight excluding hydrogens is 1080 g/mol. The second-order valence-electron chi connectivity index (χ2n) is 25.3. The summed E-state index contributed by atoms with van der Waals surface area (Å²) in [6, 6.07) is -12.3. The van der Waals surface area contributed by atoms with E-state index in [0.29, 0.717) is 12.8 Å². The van der Waals surface area contributed by atoms with Crippen molar-refractivity contribution in [1.82, 2.24) is 55.6 Å². The van der Waals surface area contributed by atoms with Crippen LogP contribution in [0.3, 0.4) is 0 Å². The molecule has 0 radical (unpaired) electrons. The first-order valence-corrected chi connectivity index (χ1v) is 30.2. The molecule has 0 aromatic rings. The van der Waals surface area contributed by atoms with Gasteiger partial charge in [-0.2, -0.15) is 0 Å². The van der Waals surface area contributed by atoms with Crippen LogP contribution in [0.2, 0.25) is 0 Å². The number of carbonyl (C=O) groups is 11. The zero-order chi connectivity index (χ0) is 65.1. The van der Waals surface area contributed by atoms with Gasteiger partial charge >= 0.3 is 0 Å². The average Bonchev–Trinajstić information content (AvgIpc) is 3.45. The number of nitrogens with one attached hydrogen (secondary N) is 4. The molecule has 23 heteroatoms. The lowest BCUT2D eigenvalue weighted by Crippen LogP contribution is -2.63. The number of aliphatic hydroxyl groups excluding tert-OH is 1. The number of hydrogen-bond acceptors (Lipinski definition) is 12. The smallest absolute Gasteiger partial charge is 0.246 e. The molecule has 1 rings (SSSR count). The summed E-state index contributed by atoms with van der Waals surface area (Å²) in [7, 11) is 9.90. The summed E-state index contributed by atoms with van der Waals surface area (Å²) < 4.78 is 0. The monoisotopic (exact) mass is 1190 g/mol. The van der Waals surface area contributed by atoms with Crippen LogP contribution in [-0.4, -0.2) is 227 Å². The van der Waals surface area contributed by atoms with Crippen molar-refractivity contribution < 1.29 is 57.8 Å². The van der Waals surface area contributed by atoms with Crippen molar-refractivity contribution in [3.63, 3.8) is 0 Å². The molecule has 0 saturated carbocycles. The number of likely N-dealkylation sites (N-methyl/N-ethyl adjacent to an activating group) is 7. The zero-order valence-electron chi connectivity index (χ0n) is 55.2. The van der Waals surface area contributed by atoms with Gasteiger partial charge in [-0.1, -0.05) is 109 Å². The lowest BCUT2D eigenvalue weighted by atomic mass is 9.91. The minimum atomic E-state index is -1.61. The molecule has 84 heavy (non-hydrogen) atoms. The standard InChI is InChI=1S/C61H109N11O12/c1-24-27-29-39(14)51(74)50-55(78)64-42(26-3)57(80)66(17)33-47(73)67(18)44(30-34(4)5)54(77)65-48(37(10)11)60(83)69(20)45(31-35(6)7)53(76)62-40(15)52(75)63-41(16)56(79)68(19)43(28-25-2)58(81)70(21)46(32-36(8)9)59(82)71(22)49(38(12)13)61(84)72(50)23/h24,27,34-46,48-51,74H,25-26,28-33H2,1-23H3,(H,62,76)(H,63,75)(H,64,78)(H,65,77)/b27-24+/t39-,40+,41-,42+,43+,44+,45+,46+,48+,49+,50+,51-/m1/s1. The van der Waals surface area contributed by atoms with Gasteiger partial charge in [0, 0.05) is 49.3 Å². The summed E-state index contributed by atoms with van der Waals surface area (Å²) >= 11 is 0. The third-order valence-electron chi connectivity index (χ3n) is 15.9.